The van der Waals surface area contributed by atoms with Crippen LogP contribution in [0.1, 0.15) is 58.1 Å². The third-order valence-electron chi connectivity index (χ3n) is 4.90. The number of aryl methyl sites for hydroxylation is 1. The Morgan fingerprint density at radius 3 is 2.80 bits per heavy atom. The van der Waals surface area contributed by atoms with Gasteiger partial charge >= 0.3 is 0 Å². The summed E-state index contributed by atoms with van der Waals surface area (Å²) in [5, 5.41) is 4.55. The van der Waals surface area contributed by atoms with E-state index in [2.05, 4.69) is 46.5 Å². The van der Waals surface area contributed by atoms with Gasteiger partial charge in [-0.25, -0.2) is 0 Å². The minimum atomic E-state index is 0.560. The minimum absolute atomic E-state index is 0.560. The van der Waals surface area contributed by atoms with Crippen LogP contribution in [0.15, 0.2) is 10.7 Å². The van der Waals surface area contributed by atoms with Gasteiger partial charge in [0.2, 0.25) is 0 Å². The number of nitrogens with zero attached hydrogens (tertiary/aromatic N) is 2. The molecule has 1 aromatic heterocycles. The largest absolute Gasteiger partial charge is 0.330 e. The molecule has 1 saturated carbocycles. The third-order valence-corrected chi connectivity index (χ3v) is 5.51. The molecule has 0 radical (unpaired) electrons. The highest BCUT2D eigenvalue weighted by atomic mass is 79.9. The minimum Gasteiger partial charge on any atom is -0.330 e. The van der Waals surface area contributed by atoms with Crippen LogP contribution in [-0.4, -0.2) is 16.3 Å². The molecule has 20 heavy (non-hydrogen) atoms. The summed E-state index contributed by atoms with van der Waals surface area (Å²) in [4.78, 5) is 0. The standard InChI is InChI=1S/C16H28BrN3/c1-4-7-20-16(15(17)10-19-20)14-8-12(11(2)3)5-6-13(14)9-18/h10-14H,4-9,18H2,1-3H3. The van der Waals surface area contributed by atoms with Gasteiger partial charge in [0.05, 0.1) is 16.4 Å². The lowest BCUT2D eigenvalue weighted by Gasteiger charge is -2.38. The molecule has 0 saturated heterocycles. The third kappa shape index (κ3) is 3.28. The van der Waals surface area contributed by atoms with E-state index in [1.165, 1.54) is 29.4 Å². The molecular weight excluding hydrogens is 314 g/mol. The highest BCUT2D eigenvalue weighted by molar-refractivity contribution is 9.10. The van der Waals surface area contributed by atoms with Crippen molar-refractivity contribution >= 4 is 15.9 Å². The molecular formula is C16H28BrN3. The molecule has 1 heterocycles. The van der Waals surface area contributed by atoms with Crippen LogP contribution in [0.25, 0.3) is 0 Å². The molecule has 0 amide bonds. The summed E-state index contributed by atoms with van der Waals surface area (Å²) < 4.78 is 3.36. The van der Waals surface area contributed by atoms with Crippen LogP contribution in [0.4, 0.5) is 0 Å². The maximum absolute atomic E-state index is 6.05. The van der Waals surface area contributed by atoms with Crippen molar-refractivity contribution in [2.45, 2.75) is 58.9 Å². The fourth-order valence-corrected chi connectivity index (χ4v) is 4.21. The van der Waals surface area contributed by atoms with Crippen LogP contribution >= 0.6 is 15.9 Å². The molecule has 0 aliphatic heterocycles. The molecule has 2 N–H and O–H groups in total. The molecule has 0 spiro atoms. The number of hydrogen-bond acceptors (Lipinski definition) is 2. The molecule has 1 aliphatic carbocycles. The molecule has 2 rings (SSSR count). The summed E-state index contributed by atoms with van der Waals surface area (Å²) in [7, 11) is 0. The average Bonchev–Trinajstić information content (AvgIpc) is 2.79. The van der Waals surface area contributed by atoms with Gasteiger partial charge < -0.3 is 5.73 Å². The van der Waals surface area contributed by atoms with Crippen molar-refractivity contribution in [3.63, 3.8) is 0 Å². The molecule has 3 unspecified atom stereocenters. The van der Waals surface area contributed by atoms with Crippen LogP contribution in [0, 0.1) is 17.8 Å². The van der Waals surface area contributed by atoms with E-state index in [0.29, 0.717) is 11.8 Å². The smallest absolute Gasteiger partial charge is 0.0635 e. The second kappa shape index (κ2) is 7.08. The SMILES string of the molecule is CCCn1ncc(Br)c1C1CC(C(C)C)CCC1CN. The van der Waals surface area contributed by atoms with Crippen LogP contribution < -0.4 is 5.73 Å². The first kappa shape index (κ1) is 16.0. The normalized spacial score (nSPS) is 27.2. The Hall–Kier alpha value is -0.350. The van der Waals surface area contributed by atoms with Gasteiger partial charge in [-0.05, 0) is 65.9 Å². The monoisotopic (exact) mass is 341 g/mol. The van der Waals surface area contributed by atoms with Crippen molar-refractivity contribution in [1.82, 2.24) is 9.78 Å². The summed E-state index contributed by atoms with van der Waals surface area (Å²) in [6, 6.07) is 0. The van der Waals surface area contributed by atoms with Gasteiger partial charge in [0, 0.05) is 12.5 Å². The summed E-state index contributed by atoms with van der Waals surface area (Å²) in [5.74, 6) is 2.75. The summed E-state index contributed by atoms with van der Waals surface area (Å²) in [6.07, 6.45) is 6.92. The topological polar surface area (TPSA) is 43.8 Å². The van der Waals surface area contributed by atoms with Gasteiger partial charge in [0.1, 0.15) is 0 Å². The van der Waals surface area contributed by atoms with E-state index in [1.54, 1.807) is 0 Å². The number of hydrogen-bond donors (Lipinski definition) is 1. The van der Waals surface area contributed by atoms with E-state index in [0.717, 1.165) is 31.3 Å². The predicted octanol–water partition coefficient (Wildman–Crippen LogP) is 4.17. The first-order valence-electron chi connectivity index (χ1n) is 7.99. The first-order valence-corrected chi connectivity index (χ1v) is 8.79. The van der Waals surface area contributed by atoms with Crippen molar-refractivity contribution in [3.05, 3.63) is 16.4 Å². The molecule has 0 aromatic carbocycles. The fraction of sp³-hybridized carbons (Fsp3) is 0.812. The maximum Gasteiger partial charge on any atom is 0.0635 e. The summed E-state index contributed by atoms with van der Waals surface area (Å²) in [6.45, 7) is 8.70. The van der Waals surface area contributed by atoms with E-state index in [9.17, 15) is 0 Å². The number of rotatable bonds is 5. The van der Waals surface area contributed by atoms with Gasteiger partial charge in [0.25, 0.3) is 0 Å². The van der Waals surface area contributed by atoms with Crippen molar-refractivity contribution in [1.29, 1.82) is 0 Å². The van der Waals surface area contributed by atoms with Crippen LogP contribution in [-0.2, 0) is 6.54 Å². The zero-order chi connectivity index (χ0) is 14.7. The quantitative estimate of drug-likeness (QED) is 0.873. The molecule has 0 bridgehead atoms. The van der Waals surface area contributed by atoms with E-state index < -0.39 is 0 Å². The Labute approximate surface area is 131 Å². The first-order chi connectivity index (χ1) is 9.58. The lowest BCUT2D eigenvalue weighted by Crippen LogP contribution is -2.32. The Bertz CT molecular complexity index is 427. The Morgan fingerprint density at radius 2 is 2.20 bits per heavy atom. The average molecular weight is 342 g/mol. The van der Waals surface area contributed by atoms with Gasteiger partial charge in [-0.2, -0.15) is 5.10 Å². The molecule has 114 valence electrons. The molecule has 3 atom stereocenters. The second-order valence-electron chi connectivity index (χ2n) is 6.52. The molecule has 1 aliphatic rings. The zero-order valence-corrected chi connectivity index (χ0v) is 14.6. The molecule has 1 aromatic rings. The van der Waals surface area contributed by atoms with Crippen molar-refractivity contribution in [3.8, 4) is 0 Å². The summed E-state index contributed by atoms with van der Waals surface area (Å²) in [5.41, 5.74) is 7.43. The van der Waals surface area contributed by atoms with Crippen LogP contribution in [0.2, 0.25) is 0 Å². The van der Waals surface area contributed by atoms with E-state index in [1.807, 2.05) is 6.20 Å². The highest BCUT2D eigenvalue weighted by Gasteiger charge is 2.34. The number of aromatic nitrogens is 2. The van der Waals surface area contributed by atoms with E-state index in [-0.39, 0.29) is 0 Å². The molecule has 3 nitrogen and oxygen atoms in total. The maximum atomic E-state index is 6.05. The predicted molar refractivity (Wildman–Crippen MR) is 87.7 cm³/mol. The fourth-order valence-electron chi connectivity index (χ4n) is 3.62. The van der Waals surface area contributed by atoms with E-state index in [4.69, 9.17) is 5.73 Å². The highest BCUT2D eigenvalue weighted by Crippen LogP contribution is 2.44. The Balaban J connectivity index is 2.28. The van der Waals surface area contributed by atoms with Gasteiger partial charge in [-0.15, -0.1) is 0 Å². The van der Waals surface area contributed by atoms with Crippen LogP contribution in [0.5, 0.6) is 0 Å². The Kier molecular flexibility index (Phi) is 5.67. The van der Waals surface area contributed by atoms with Gasteiger partial charge in [-0.3, -0.25) is 4.68 Å². The number of nitrogens with two attached hydrogens (primary N) is 1. The number of halogens is 1. The lowest BCUT2D eigenvalue weighted by molar-refractivity contribution is 0.191. The van der Waals surface area contributed by atoms with Crippen molar-refractivity contribution in [2.75, 3.05) is 6.54 Å². The van der Waals surface area contributed by atoms with Crippen molar-refractivity contribution in [2.24, 2.45) is 23.5 Å². The second-order valence-corrected chi connectivity index (χ2v) is 7.37. The van der Waals surface area contributed by atoms with Crippen molar-refractivity contribution < 1.29 is 0 Å². The lowest BCUT2D eigenvalue weighted by atomic mass is 9.69. The Morgan fingerprint density at radius 1 is 1.45 bits per heavy atom. The zero-order valence-electron chi connectivity index (χ0n) is 13.0. The molecule has 4 heteroatoms. The van der Waals surface area contributed by atoms with Crippen LogP contribution in [0.3, 0.4) is 0 Å². The summed E-state index contributed by atoms with van der Waals surface area (Å²) >= 11 is 3.71. The van der Waals surface area contributed by atoms with Gasteiger partial charge in [0.15, 0.2) is 0 Å². The molecule has 1 fully saturated rings. The van der Waals surface area contributed by atoms with Gasteiger partial charge in [-0.1, -0.05) is 20.8 Å². The van der Waals surface area contributed by atoms with E-state index >= 15 is 0 Å².